The topological polar surface area (TPSA) is 49.7 Å². The fourth-order valence-electron chi connectivity index (χ4n) is 0.934. The Bertz CT molecular complexity index is 353. The molecule has 0 unspecified atom stereocenters. The van der Waals surface area contributed by atoms with Gasteiger partial charge in [0.1, 0.15) is 5.75 Å². The summed E-state index contributed by atoms with van der Waals surface area (Å²) in [6.45, 7) is 0. The van der Waals surface area contributed by atoms with Gasteiger partial charge in [-0.1, -0.05) is 6.07 Å². The van der Waals surface area contributed by atoms with Gasteiger partial charge in [-0.2, -0.15) is 13.2 Å². The van der Waals surface area contributed by atoms with Crippen molar-refractivity contribution in [2.24, 2.45) is 0 Å². The van der Waals surface area contributed by atoms with Gasteiger partial charge in [-0.3, -0.25) is 0 Å². The largest absolute Gasteiger partial charge is 0.707 e. The van der Waals surface area contributed by atoms with E-state index in [9.17, 15) is 17.6 Å². The molecule has 0 aliphatic rings. The van der Waals surface area contributed by atoms with Gasteiger partial charge in [-0.05, 0) is 12.1 Å². The molecule has 0 fully saturated rings. The highest BCUT2D eigenvalue weighted by Gasteiger charge is 2.35. The SMILES string of the molecule is OB(O)Oc1cccc(C(F)(F)F)c1F. The number of halogens is 4. The molecule has 0 aliphatic carbocycles. The molecule has 82 valence electrons. The molecule has 0 saturated heterocycles. The van der Waals surface area contributed by atoms with Gasteiger partial charge in [0.15, 0.2) is 5.82 Å². The first kappa shape index (κ1) is 11.8. The Balaban J connectivity index is 3.12. The van der Waals surface area contributed by atoms with E-state index < -0.39 is 30.6 Å². The molecule has 0 aliphatic heterocycles. The lowest BCUT2D eigenvalue weighted by Crippen LogP contribution is -2.22. The molecule has 1 rings (SSSR count). The predicted molar refractivity (Wildman–Crippen MR) is 42.2 cm³/mol. The summed E-state index contributed by atoms with van der Waals surface area (Å²) in [6.07, 6.45) is -4.86. The zero-order chi connectivity index (χ0) is 11.6. The lowest BCUT2D eigenvalue weighted by atomic mass is 10.1. The maximum Gasteiger partial charge on any atom is 0.707 e. The molecule has 0 amide bonds. The normalized spacial score (nSPS) is 11.3. The van der Waals surface area contributed by atoms with E-state index in [4.69, 9.17) is 10.0 Å². The second-order valence-electron chi connectivity index (χ2n) is 2.56. The number of rotatable bonds is 2. The summed E-state index contributed by atoms with van der Waals surface area (Å²) < 4.78 is 53.5. The zero-order valence-electron chi connectivity index (χ0n) is 7.12. The van der Waals surface area contributed by atoms with Gasteiger partial charge in [0, 0.05) is 0 Å². The van der Waals surface area contributed by atoms with Crippen molar-refractivity contribution in [1.29, 1.82) is 0 Å². The lowest BCUT2D eigenvalue weighted by Gasteiger charge is -2.11. The zero-order valence-corrected chi connectivity index (χ0v) is 7.12. The Morgan fingerprint density at radius 2 is 1.80 bits per heavy atom. The Morgan fingerprint density at radius 1 is 1.20 bits per heavy atom. The molecule has 0 heterocycles. The average molecular weight is 224 g/mol. The molecule has 0 bridgehead atoms. The molecule has 0 radical (unpaired) electrons. The quantitative estimate of drug-likeness (QED) is 0.585. The number of alkyl halides is 3. The summed E-state index contributed by atoms with van der Waals surface area (Å²) >= 11 is 0. The van der Waals surface area contributed by atoms with Crippen LogP contribution in [0.4, 0.5) is 17.6 Å². The van der Waals surface area contributed by atoms with Gasteiger partial charge in [0.05, 0.1) is 5.56 Å². The minimum Gasteiger partial charge on any atom is -0.510 e. The van der Waals surface area contributed by atoms with Crippen molar-refractivity contribution in [1.82, 2.24) is 0 Å². The first-order valence-corrected chi connectivity index (χ1v) is 3.71. The van der Waals surface area contributed by atoms with Crippen molar-refractivity contribution < 1.29 is 32.3 Å². The van der Waals surface area contributed by atoms with Crippen LogP contribution in [0.1, 0.15) is 5.56 Å². The van der Waals surface area contributed by atoms with Crippen LogP contribution in [0.3, 0.4) is 0 Å². The highest BCUT2D eigenvalue weighted by Crippen LogP contribution is 2.34. The molecule has 0 atom stereocenters. The molecular formula is C7H5BF4O3. The van der Waals surface area contributed by atoms with Crippen LogP contribution in [-0.4, -0.2) is 17.4 Å². The fourth-order valence-corrected chi connectivity index (χ4v) is 0.934. The fraction of sp³-hybridized carbons (Fsp3) is 0.143. The maximum absolute atomic E-state index is 13.1. The van der Waals surface area contributed by atoms with Crippen molar-refractivity contribution in [2.75, 3.05) is 0 Å². The number of hydrogen-bond acceptors (Lipinski definition) is 3. The standard InChI is InChI=1S/C7H5BF4O3/c9-6-4(7(10,11)12)2-1-3-5(6)15-8(13)14/h1-3,13-14H. The Morgan fingerprint density at radius 3 is 2.27 bits per heavy atom. The van der Waals surface area contributed by atoms with Crippen molar-refractivity contribution >= 4 is 7.32 Å². The van der Waals surface area contributed by atoms with E-state index in [-0.39, 0.29) is 0 Å². The highest BCUT2D eigenvalue weighted by atomic mass is 19.4. The Kier molecular flexibility index (Phi) is 3.20. The van der Waals surface area contributed by atoms with Crippen LogP contribution >= 0.6 is 0 Å². The van der Waals surface area contributed by atoms with Gasteiger partial charge in [0.25, 0.3) is 0 Å². The van der Waals surface area contributed by atoms with Crippen LogP contribution in [0.5, 0.6) is 5.75 Å². The highest BCUT2D eigenvalue weighted by molar-refractivity contribution is 6.33. The maximum atomic E-state index is 13.1. The first-order chi connectivity index (χ1) is 6.82. The molecule has 3 nitrogen and oxygen atoms in total. The molecular weight excluding hydrogens is 219 g/mol. The van der Waals surface area contributed by atoms with E-state index in [1.807, 2.05) is 0 Å². The molecule has 1 aromatic carbocycles. The van der Waals surface area contributed by atoms with E-state index in [0.29, 0.717) is 6.07 Å². The van der Waals surface area contributed by atoms with Crippen molar-refractivity contribution in [3.8, 4) is 5.75 Å². The summed E-state index contributed by atoms with van der Waals surface area (Å²) in [5.74, 6) is -2.56. The third-order valence-electron chi connectivity index (χ3n) is 1.50. The first-order valence-electron chi connectivity index (χ1n) is 3.71. The van der Waals surface area contributed by atoms with Crippen LogP contribution < -0.4 is 4.65 Å². The number of hydrogen-bond donors (Lipinski definition) is 2. The van der Waals surface area contributed by atoms with Crippen LogP contribution in [0, 0.1) is 5.82 Å². The second kappa shape index (κ2) is 4.07. The summed E-state index contributed by atoms with van der Waals surface area (Å²) in [5.41, 5.74) is -1.53. The molecule has 8 heteroatoms. The predicted octanol–water partition coefficient (Wildman–Crippen LogP) is 1.19. The summed E-state index contributed by atoms with van der Waals surface area (Å²) in [6, 6.07) is 2.26. The van der Waals surface area contributed by atoms with Crippen LogP contribution in [0.25, 0.3) is 0 Å². The third-order valence-corrected chi connectivity index (χ3v) is 1.50. The minimum atomic E-state index is -4.86. The molecule has 0 saturated carbocycles. The van der Waals surface area contributed by atoms with Crippen LogP contribution in [0.15, 0.2) is 18.2 Å². The van der Waals surface area contributed by atoms with Gasteiger partial charge < -0.3 is 14.7 Å². The Labute approximate surface area is 82.1 Å². The number of benzene rings is 1. The van der Waals surface area contributed by atoms with E-state index in [1.165, 1.54) is 0 Å². The van der Waals surface area contributed by atoms with Gasteiger partial charge in [-0.25, -0.2) is 4.39 Å². The van der Waals surface area contributed by atoms with Crippen molar-refractivity contribution in [2.45, 2.75) is 6.18 Å². The average Bonchev–Trinajstić information content (AvgIpc) is 2.05. The van der Waals surface area contributed by atoms with E-state index in [1.54, 1.807) is 0 Å². The third kappa shape index (κ3) is 2.83. The van der Waals surface area contributed by atoms with E-state index >= 15 is 0 Å². The summed E-state index contributed by atoms with van der Waals surface area (Å²) in [5, 5.41) is 16.6. The molecule has 0 spiro atoms. The molecule has 2 N–H and O–H groups in total. The van der Waals surface area contributed by atoms with Crippen molar-refractivity contribution in [3.05, 3.63) is 29.6 Å². The molecule has 1 aromatic rings. The second-order valence-corrected chi connectivity index (χ2v) is 2.56. The van der Waals surface area contributed by atoms with Gasteiger partial charge in [0.2, 0.25) is 0 Å². The molecule has 0 aromatic heterocycles. The smallest absolute Gasteiger partial charge is 0.510 e. The monoisotopic (exact) mass is 224 g/mol. The van der Waals surface area contributed by atoms with Gasteiger partial charge in [-0.15, -0.1) is 0 Å². The lowest BCUT2D eigenvalue weighted by molar-refractivity contribution is -0.140. The Hall–Kier alpha value is -1.28. The van der Waals surface area contributed by atoms with E-state index in [0.717, 1.165) is 12.1 Å². The van der Waals surface area contributed by atoms with Crippen LogP contribution in [-0.2, 0) is 6.18 Å². The minimum absolute atomic E-state index is 0.520. The van der Waals surface area contributed by atoms with Gasteiger partial charge >= 0.3 is 13.5 Å². The summed E-state index contributed by atoms with van der Waals surface area (Å²) in [7, 11) is -2.37. The summed E-state index contributed by atoms with van der Waals surface area (Å²) in [4.78, 5) is 0. The molecule has 15 heavy (non-hydrogen) atoms. The van der Waals surface area contributed by atoms with Crippen molar-refractivity contribution in [3.63, 3.8) is 0 Å². The van der Waals surface area contributed by atoms with E-state index in [2.05, 4.69) is 4.65 Å². The van der Waals surface area contributed by atoms with Crippen LogP contribution in [0.2, 0.25) is 0 Å².